The second-order valence-corrected chi connectivity index (χ2v) is 4.33. The van der Waals surface area contributed by atoms with Crippen molar-refractivity contribution < 1.29 is 9.53 Å². The lowest BCUT2D eigenvalue weighted by Gasteiger charge is -2.33. The molecule has 6 nitrogen and oxygen atoms in total. The van der Waals surface area contributed by atoms with Gasteiger partial charge in [-0.05, 0) is 7.05 Å². The van der Waals surface area contributed by atoms with Crippen LogP contribution in [0.1, 0.15) is 0 Å². The van der Waals surface area contributed by atoms with Gasteiger partial charge in [-0.25, -0.2) is 5.01 Å². The summed E-state index contributed by atoms with van der Waals surface area (Å²) in [4.78, 5) is 14.1. The molecule has 0 aromatic heterocycles. The molecule has 2 N–H and O–H groups in total. The fraction of sp³-hybridized carbons (Fsp3) is 0.900. The van der Waals surface area contributed by atoms with E-state index in [1.54, 1.807) is 0 Å². The van der Waals surface area contributed by atoms with Gasteiger partial charge in [-0.3, -0.25) is 10.2 Å². The summed E-state index contributed by atoms with van der Waals surface area (Å²) in [6.45, 7) is 5.79. The second-order valence-electron chi connectivity index (χ2n) is 4.33. The highest BCUT2D eigenvalue weighted by atomic mass is 16.5. The minimum atomic E-state index is -0.339. The van der Waals surface area contributed by atoms with E-state index in [9.17, 15) is 4.79 Å². The van der Waals surface area contributed by atoms with Crippen LogP contribution in [-0.2, 0) is 9.53 Å². The first kappa shape index (κ1) is 11.8. The smallest absolute Gasteiger partial charge is 0.264 e. The Labute approximate surface area is 95.9 Å². The molecule has 0 aromatic carbocycles. The molecule has 2 rings (SSSR count). The molecule has 2 saturated heterocycles. The fourth-order valence-electron chi connectivity index (χ4n) is 1.88. The average Bonchev–Trinajstić information content (AvgIpc) is 2.33. The summed E-state index contributed by atoms with van der Waals surface area (Å²) < 4.78 is 5.39. The minimum Gasteiger partial charge on any atom is -0.366 e. The number of piperazine rings is 1. The maximum absolute atomic E-state index is 11.8. The fourth-order valence-corrected chi connectivity index (χ4v) is 1.88. The van der Waals surface area contributed by atoms with Crippen LogP contribution in [0.2, 0.25) is 0 Å². The van der Waals surface area contributed by atoms with Crippen LogP contribution in [0.5, 0.6) is 0 Å². The quantitative estimate of drug-likeness (QED) is 0.587. The molecule has 0 spiro atoms. The molecule has 2 aliphatic heterocycles. The van der Waals surface area contributed by atoms with E-state index in [-0.39, 0.29) is 12.0 Å². The van der Waals surface area contributed by atoms with E-state index in [0.29, 0.717) is 13.2 Å². The Morgan fingerprint density at radius 1 is 1.38 bits per heavy atom. The van der Waals surface area contributed by atoms with Crippen molar-refractivity contribution in [2.24, 2.45) is 0 Å². The van der Waals surface area contributed by atoms with E-state index in [2.05, 4.69) is 22.7 Å². The Hall–Kier alpha value is -0.690. The van der Waals surface area contributed by atoms with Crippen LogP contribution in [0.3, 0.4) is 0 Å². The highest BCUT2D eigenvalue weighted by Crippen LogP contribution is 1.99. The van der Waals surface area contributed by atoms with E-state index >= 15 is 0 Å². The Morgan fingerprint density at radius 3 is 2.75 bits per heavy atom. The monoisotopic (exact) mass is 228 g/mol. The molecule has 2 aliphatic rings. The molecular formula is C10H20N4O2. The van der Waals surface area contributed by atoms with Crippen molar-refractivity contribution in [2.75, 3.05) is 52.9 Å². The van der Waals surface area contributed by atoms with Gasteiger partial charge in [-0.15, -0.1) is 0 Å². The molecule has 1 amide bonds. The van der Waals surface area contributed by atoms with E-state index in [0.717, 1.165) is 32.7 Å². The Morgan fingerprint density at radius 2 is 2.12 bits per heavy atom. The van der Waals surface area contributed by atoms with Crippen LogP contribution >= 0.6 is 0 Å². The van der Waals surface area contributed by atoms with Crippen LogP contribution in [0.4, 0.5) is 0 Å². The lowest BCUT2D eigenvalue weighted by molar-refractivity contribution is -0.140. The number of carbonyl (C=O) groups is 1. The maximum atomic E-state index is 11.8. The number of likely N-dealkylation sites (N-methyl/N-ethyl adjacent to an activating group) is 1. The summed E-state index contributed by atoms with van der Waals surface area (Å²) in [5.74, 6) is -0.0308. The SMILES string of the molecule is CN1CCN(NC(=O)C2CNCCO2)CC1. The highest BCUT2D eigenvalue weighted by molar-refractivity contribution is 5.80. The maximum Gasteiger partial charge on any atom is 0.264 e. The predicted octanol–water partition coefficient (Wildman–Crippen LogP) is -1.75. The molecule has 0 aromatic rings. The third kappa shape index (κ3) is 3.15. The first-order valence-corrected chi connectivity index (χ1v) is 5.82. The molecule has 0 aliphatic carbocycles. The Balaban J connectivity index is 1.73. The summed E-state index contributed by atoms with van der Waals surface area (Å²) in [6, 6.07) is 0. The Kier molecular flexibility index (Phi) is 4.11. The van der Waals surface area contributed by atoms with Gasteiger partial charge in [-0.1, -0.05) is 0 Å². The number of nitrogens with one attached hydrogen (secondary N) is 2. The van der Waals surface area contributed by atoms with Gasteiger partial charge in [0.25, 0.3) is 5.91 Å². The summed E-state index contributed by atoms with van der Waals surface area (Å²) in [5.41, 5.74) is 2.91. The third-order valence-electron chi connectivity index (χ3n) is 2.99. The van der Waals surface area contributed by atoms with Gasteiger partial charge in [-0.2, -0.15) is 0 Å². The van der Waals surface area contributed by atoms with Crippen molar-refractivity contribution in [1.29, 1.82) is 0 Å². The largest absolute Gasteiger partial charge is 0.366 e. The van der Waals surface area contributed by atoms with E-state index in [4.69, 9.17) is 4.74 Å². The van der Waals surface area contributed by atoms with E-state index < -0.39 is 0 Å². The van der Waals surface area contributed by atoms with Crippen LogP contribution in [0, 0.1) is 0 Å². The summed E-state index contributed by atoms with van der Waals surface area (Å²) >= 11 is 0. The van der Waals surface area contributed by atoms with Crippen molar-refractivity contribution in [2.45, 2.75) is 6.10 Å². The standard InChI is InChI=1S/C10H20N4O2/c1-13-3-5-14(6-4-13)12-10(15)9-8-11-2-7-16-9/h9,11H,2-8H2,1H3,(H,12,15). The van der Waals surface area contributed by atoms with E-state index in [1.807, 2.05) is 5.01 Å². The van der Waals surface area contributed by atoms with Gasteiger partial charge in [0.05, 0.1) is 6.61 Å². The zero-order valence-corrected chi connectivity index (χ0v) is 9.74. The molecule has 2 fully saturated rings. The number of ether oxygens (including phenoxy) is 1. The van der Waals surface area contributed by atoms with Gasteiger partial charge >= 0.3 is 0 Å². The van der Waals surface area contributed by atoms with Crippen LogP contribution < -0.4 is 10.7 Å². The van der Waals surface area contributed by atoms with Crippen LogP contribution in [0.25, 0.3) is 0 Å². The summed E-state index contributed by atoms with van der Waals surface area (Å²) in [5, 5.41) is 5.12. The zero-order valence-electron chi connectivity index (χ0n) is 9.74. The molecule has 1 atom stereocenters. The molecule has 2 heterocycles. The molecule has 92 valence electrons. The topological polar surface area (TPSA) is 56.8 Å². The van der Waals surface area contributed by atoms with Gasteiger partial charge in [0.1, 0.15) is 6.10 Å². The highest BCUT2D eigenvalue weighted by Gasteiger charge is 2.24. The lowest BCUT2D eigenvalue weighted by atomic mass is 10.3. The molecule has 6 heteroatoms. The molecule has 1 unspecified atom stereocenters. The van der Waals surface area contributed by atoms with Crippen molar-refractivity contribution in [3.63, 3.8) is 0 Å². The van der Waals surface area contributed by atoms with E-state index in [1.165, 1.54) is 0 Å². The van der Waals surface area contributed by atoms with Crippen LogP contribution in [0.15, 0.2) is 0 Å². The van der Waals surface area contributed by atoms with Crippen molar-refractivity contribution in [3.8, 4) is 0 Å². The molecular weight excluding hydrogens is 208 g/mol. The first-order valence-electron chi connectivity index (χ1n) is 5.82. The first-order chi connectivity index (χ1) is 7.75. The number of hydrogen-bond donors (Lipinski definition) is 2. The van der Waals surface area contributed by atoms with Gasteiger partial charge in [0, 0.05) is 39.3 Å². The molecule has 0 saturated carbocycles. The number of nitrogens with zero attached hydrogens (tertiary/aromatic N) is 2. The summed E-state index contributed by atoms with van der Waals surface area (Å²) in [7, 11) is 2.09. The molecule has 16 heavy (non-hydrogen) atoms. The average molecular weight is 228 g/mol. The number of hydrazine groups is 1. The number of morpholine rings is 1. The molecule has 0 bridgehead atoms. The normalized spacial score (nSPS) is 28.9. The van der Waals surface area contributed by atoms with Crippen LogP contribution in [-0.4, -0.2) is 74.8 Å². The predicted molar refractivity (Wildman–Crippen MR) is 59.8 cm³/mol. The number of hydrogen-bond acceptors (Lipinski definition) is 5. The van der Waals surface area contributed by atoms with Crippen molar-refractivity contribution >= 4 is 5.91 Å². The number of amides is 1. The Bertz CT molecular complexity index is 235. The zero-order chi connectivity index (χ0) is 11.4. The van der Waals surface area contributed by atoms with Crippen molar-refractivity contribution in [1.82, 2.24) is 20.7 Å². The molecule has 0 radical (unpaired) electrons. The lowest BCUT2D eigenvalue weighted by Crippen LogP contribution is -2.57. The number of carbonyl (C=O) groups excluding carboxylic acids is 1. The minimum absolute atomic E-state index is 0.0308. The van der Waals surface area contributed by atoms with Crippen molar-refractivity contribution in [3.05, 3.63) is 0 Å². The van der Waals surface area contributed by atoms with Gasteiger partial charge in [0.15, 0.2) is 0 Å². The summed E-state index contributed by atoms with van der Waals surface area (Å²) in [6.07, 6.45) is -0.339. The van der Waals surface area contributed by atoms with Gasteiger partial charge < -0.3 is 15.0 Å². The van der Waals surface area contributed by atoms with Gasteiger partial charge in [0.2, 0.25) is 0 Å². The second kappa shape index (κ2) is 5.58. The number of rotatable bonds is 2. The third-order valence-corrected chi connectivity index (χ3v) is 2.99.